The lowest BCUT2D eigenvalue weighted by Gasteiger charge is -2.57. The second kappa shape index (κ2) is 8.38. The van der Waals surface area contributed by atoms with Gasteiger partial charge in [-0.05, 0) is 85.5 Å². The fourth-order valence-corrected chi connectivity index (χ4v) is 7.53. The molecule has 0 saturated heterocycles. The number of aromatic nitrogens is 3. The summed E-state index contributed by atoms with van der Waals surface area (Å²) >= 11 is 0. The zero-order chi connectivity index (χ0) is 24.1. The van der Waals surface area contributed by atoms with Crippen molar-refractivity contribution in [2.75, 3.05) is 0 Å². The van der Waals surface area contributed by atoms with Gasteiger partial charge < -0.3 is 0 Å². The minimum atomic E-state index is 0.323. The Morgan fingerprint density at radius 1 is 0.611 bits per heavy atom. The summed E-state index contributed by atoms with van der Waals surface area (Å²) in [6, 6.07) is 28.8. The Morgan fingerprint density at radius 3 is 1.75 bits per heavy atom. The first-order chi connectivity index (χ1) is 17.7. The molecule has 0 radical (unpaired) electrons. The maximum atomic E-state index is 9.42. The van der Waals surface area contributed by atoms with E-state index in [1.807, 2.05) is 48.5 Å². The molecule has 4 nitrogen and oxygen atoms in total. The number of rotatable bonds is 4. The Labute approximate surface area is 212 Å². The molecule has 0 N–H and O–H groups in total. The van der Waals surface area contributed by atoms with Gasteiger partial charge in [0.25, 0.3) is 0 Å². The van der Waals surface area contributed by atoms with Crippen molar-refractivity contribution in [2.45, 2.75) is 43.9 Å². The molecular formula is C32H28N4. The topological polar surface area (TPSA) is 62.5 Å². The first kappa shape index (κ1) is 21.4. The van der Waals surface area contributed by atoms with E-state index < -0.39 is 0 Å². The quantitative estimate of drug-likeness (QED) is 0.317. The van der Waals surface area contributed by atoms with E-state index >= 15 is 0 Å². The van der Waals surface area contributed by atoms with Gasteiger partial charge in [-0.1, -0.05) is 60.7 Å². The highest BCUT2D eigenvalue weighted by Gasteiger charge is 2.51. The summed E-state index contributed by atoms with van der Waals surface area (Å²) in [4.78, 5) is 14.7. The Balaban J connectivity index is 1.34. The summed E-state index contributed by atoms with van der Waals surface area (Å²) in [6.45, 7) is 0. The van der Waals surface area contributed by atoms with Crippen LogP contribution in [-0.4, -0.2) is 15.0 Å². The predicted octanol–water partition coefficient (Wildman–Crippen LogP) is 7.21. The van der Waals surface area contributed by atoms with E-state index in [1.54, 1.807) is 6.07 Å². The fraction of sp³-hybridized carbons (Fsp3) is 0.312. The van der Waals surface area contributed by atoms with Crippen molar-refractivity contribution in [2.24, 2.45) is 17.8 Å². The molecule has 1 aromatic heterocycles. The average Bonchev–Trinajstić information content (AvgIpc) is 2.93. The van der Waals surface area contributed by atoms with Gasteiger partial charge in [-0.15, -0.1) is 0 Å². The highest BCUT2D eigenvalue weighted by atomic mass is 15.0. The Hall–Kier alpha value is -3.84. The van der Waals surface area contributed by atoms with Gasteiger partial charge in [0, 0.05) is 16.7 Å². The molecule has 0 amide bonds. The van der Waals surface area contributed by atoms with E-state index in [1.165, 1.54) is 44.1 Å². The molecule has 4 aliphatic carbocycles. The molecule has 36 heavy (non-hydrogen) atoms. The SMILES string of the molecule is N#Cc1cccc(-c2nc(-c3ccccc3)nc(-c3cccc(C45CC6CC(CC(C6)C4)C5)c3)n2)c1. The number of nitrogens with zero attached hydrogens (tertiary/aromatic N) is 4. The normalized spacial score (nSPS) is 26.0. The summed E-state index contributed by atoms with van der Waals surface area (Å²) in [5.74, 6) is 4.64. The third kappa shape index (κ3) is 3.71. The third-order valence-electron chi connectivity index (χ3n) is 8.69. The van der Waals surface area contributed by atoms with Gasteiger partial charge in [0.1, 0.15) is 0 Å². The largest absolute Gasteiger partial charge is 0.208 e. The molecule has 4 fully saturated rings. The lowest BCUT2D eigenvalue weighted by atomic mass is 9.48. The van der Waals surface area contributed by atoms with E-state index in [0.717, 1.165) is 34.4 Å². The Kier molecular flexibility index (Phi) is 4.99. The van der Waals surface area contributed by atoms with E-state index in [9.17, 15) is 5.26 Å². The zero-order valence-corrected chi connectivity index (χ0v) is 20.3. The van der Waals surface area contributed by atoms with Gasteiger partial charge in [0.2, 0.25) is 0 Å². The highest BCUT2D eigenvalue weighted by Crippen LogP contribution is 2.60. The van der Waals surface area contributed by atoms with Crippen LogP contribution >= 0.6 is 0 Å². The zero-order valence-electron chi connectivity index (χ0n) is 20.3. The molecule has 4 bridgehead atoms. The van der Waals surface area contributed by atoms with Gasteiger partial charge in [-0.2, -0.15) is 5.26 Å². The van der Waals surface area contributed by atoms with Crippen LogP contribution in [0.1, 0.15) is 49.7 Å². The first-order valence-corrected chi connectivity index (χ1v) is 13.1. The molecule has 0 spiro atoms. The van der Waals surface area contributed by atoms with E-state index in [0.29, 0.717) is 28.5 Å². The van der Waals surface area contributed by atoms with Gasteiger partial charge in [-0.25, -0.2) is 15.0 Å². The first-order valence-electron chi connectivity index (χ1n) is 13.1. The highest BCUT2D eigenvalue weighted by molar-refractivity contribution is 5.67. The van der Waals surface area contributed by atoms with Crippen LogP contribution in [0, 0.1) is 29.1 Å². The Morgan fingerprint density at radius 2 is 1.14 bits per heavy atom. The summed E-state index contributed by atoms with van der Waals surface area (Å²) in [5, 5.41) is 9.42. The summed E-state index contributed by atoms with van der Waals surface area (Å²) in [6.07, 6.45) is 8.33. The van der Waals surface area contributed by atoms with Crippen molar-refractivity contribution in [1.29, 1.82) is 5.26 Å². The summed E-state index contributed by atoms with van der Waals surface area (Å²) in [5.41, 5.74) is 5.21. The van der Waals surface area contributed by atoms with Crippen molar-refractivity contribution in [3.8, 4) is 40.2 Å². The molecule has 4 aromatic rings. The van der Waals surface area contributed by atoms with Crippen LogP contribution in [-0.2, 0) is 5.41 Å². The molecule has 3 aromatic carbocycles. The van der Waals surface area contributed by atoms with Crippen LogP contribution in [0.4, 0.5) is 0 Å². The third-order valence-corrected chi connectivity index (χ3v) is 8.69. The molecule has 8 rings (SSSR count). The van der Waals surface area contributed by atoms with Gasteiger partial charge >= 0.3 is 0 Å². The van der Waals surface area contributed by atoms with Crippen molar-refractivity contribution in [3.63, 3.8) is 0 Å². The number of hydrogen-bond donors (Lipinski definition) is 0. The van der Waals surface area contributed by atoms with Crippen LogP contribution in [0.25, 0.3) is 34.2 Å². The number of hydrogen-bond acceptors (Lipinski definition) is 4. The fourth-order valence-electron chi connectivity index (χ4n) is 7.53. The van der Waals surface area contributed by atoms with Crippen molar-refractivity contribution >= 4 is 0 Å². The molecule has 1 heterocycles. The van der Waals surface area contributed by atoms with Crippen molar-refractivity contribution in [1.82, 2.24) is 15.0 Å². The van der Waals surface area contributed by atoms with Crippen molar-refractivity contribution in [3.05, 3.63) is 90.0 Å². The van der Waals surface area contributed by atoms with Crippen LogP contribution in [0.5, 0.6) is 0 Å². The van der Waals surface area contributed by atoms with E-state index in [-0.39, 0.29) is 0 Å². The average molecular weight is 469 g/mol. The monoisotopic (exact) mass is 468 g/mol. The lowest BCUT2D eigenvalue weighted by Crippen LogP contribution is -2.48. The molecule has 0 atom stereocenters. The Bertz CT molecular complexity index is 1450. The number of nitriles is 1. The molecule has 4 saturated carbocycles. The molecule has 176 valence electrons. The van der Waals surface area contributed by atoms with Crippen LogP contribution < -0.4 is 0 Å². The standard InChI is InChI=1S/C32H28N4/c33-20-21-6-4-9-26(15-21)30-34-29(25-7-2-1-3-8-25)35-31(36-30)27-10-5-11-28(16-27)32-17-22-12-23(18-32)14-24(13-22)19-32/h1-11,15-16,22-24H,12-14,17-19H2. The van der Waals surface area contributed by atoms with E-state index in [4.69, 9.17) is 15.0 Å². The predicted molar refractivity (Wildman–Crippen MR) is 141 cm³/mol. The maximum absolute atomic E-state index is 9.42. The molecular weight excluding hydrogens is 440 g/mol. The smallest absolute Gasteiger partial charge is 0.164 e. The van der Waals surface area contributed by atoms with Crippen molar-refractivity contribution < 1.29 is 0 Å². The van der Waals surface area contributed by atoms with Crippen LogP contribution in [0.3, 0.4) is 0 Å². The summed E-state index contributed by atoms with van der Waals surface area (Å²) in [7, 11) is 0. The molecule has 0 aliphatic heterocycles. The van der Waals surface area contributed by atoms with Gasteiger partial charge in [-0.3, -0.25) is 0 Å². The maximum Gasteiger partial charge on any atom is 0.164 e. The van der Waals surface area contributed by atoms with E-state index in [2.05, 4.69) is 30.3 Å². The molecule has 4 aliphatic rings. The van der Waals surface area contributed by atoms with Crippen LogP contribution in [0.15, 0.2) is 78.9 Å². The lowest BCUT2D eigenvalue weighted by molar-refractivity contribution is -0.00517. The molecule has 0 unspecified atom stereocenters. The minimum Gasteiger partial charge on any atom is -0.208 e. The summed E-state index contributed by atoms with van der Waals surface area (Å²) < 4.78 is 0. The second-order valence-corrected chi connectivity index (χ2v) is 11.1. The number of benzene rings is 3. The van der Waals surface area contributed by atoms with Gasteiger partial charge in [0.15, 0.2) is 17.5 Å². The van der Waals surface area contributed by atoms with Crippen LogP contribution in [0.2, 0.25) is 0 Å². The minimum absolute atomic E-state index is 0.323. The second-order valence-electron chi connectivity index (χ2n) is 11.1. The van der Waals surface area contributed by atoms with Gasteiger partial charge in [0.05, 0.1) is 11.6 Å². The molecule has 4 heteroatoms.